The number of carbonyl (C=O) groups excluding carboxylic acids is 1. The summed E-state index contributed by atoms with van der Waals surface area (Å²) < 4.78 is 32.8. The van der Waals surface area contributed by atoms with E-state index in [0.717, 1.165) is 31.5 Å². The maximum Gasteiger partial charge on any atom is 0.248 e. The van der Waals surface area contributed by atoms with Crippen molar-refractivity contribution in [2.24, 2.45) is 5.92 Å². The second-order valence-electron chi connectivity index (χ2n) is 8.91. The minimum Gasteiger partial charge on any atom is -0.360 e. The number of halogens is 1. The minimum absolute atomic E-state index is 0.0425. The van der Waals surface area contributed by atoms with Crippen molar-refractivity contribution in [3.05, 3.63) is 46.3 Å². The average Bonchev–Trinajstić information content (AvgIpc) is 3.44. The number of hydrogen-bond acceptors (Lipinski definition) is 6. The van der Waals surface area contributed by atoms with Gasteiger partial charge in [0.25, 0.3) is 0 Å². The SMILES string of the molecule is Cc1noc(C)c1S(=O)(=O)N1CCCC(C(=O)NCC(c2cccc(Cl)c2)N2CCCC2)C1. The molecule has 1 amide bonds. The number of benzene rings is 1. The maximum atomic E-state index is 13.2. The van der Waals surface area contributed by atoms with E-state index in [-0.39, 0.29) is 29.1 Å². The van der Waals surface area contributed by atoms with Crippen LogP contribution in [0.2, 0.25) is 5.02 Å². The topological polar surface area (TPSA) is 95.8 Å². The van der Waals surface area contributed by atoms with Gasteiger partial charge in [0, 0.05) is 24.7 Å². The summed E-state index contributed by atoms with van der Waals surface area (Å²) >= 11 is 6.22. The largest absolute Gasteiger partial charge is 0.360 e. The zero-order chi connectivity index (χ0) is 23.6. The van der Waals surface area contributed by atoms with Crippen LogP contribution in [0, 0.1) is 19.8 Å². The zero-order valence-electron chi connectivity index (χ0n) is 19.1. The predicted octanol–water partition coefficient (Wildman–Crippen LogP) is 3.30. The first-order chi connectivity index (χ1) is 15.8. The van der Waals surface area contributed by atoms with Crippen LogP contribution in [0.5, 0.6) is 0 Å². The number of nitrogens with one attached hydrogen (secondary N) is 1. The summed E-state index contributed by atoms with van der Waals surface area (Å²) in [6, 6.07) is 7.82. The highest BCUT2D eigenvalue weighted by Gasteiger charge is 2.36. The van der Waals surface area contributed by atoms with Crippen LogP contribution in [-0.2, 0) is 14.8 Å². The number of hydrogen-bond donors (Lipinski definition) is 1. The lowest BCUT2D eigenvalue weighted by atomic mass is 9.98. The number of likely N-dealkylation sites (tertiary alicyclic amines) is 1. The maximum absolute atomic E-state index is 13.2. The van der Waals surface area contributed by atoms with E-state index in [2.05, 4.69) is 15.4 Å². The van der Waals surface area contributed by atoms with Gasteiger partial charge in [-0.1, -0.05) is 28.9 Å². The quantitative estimate of drug-likeness (QED) is 0.634. The zero-order valence-corrected chi connectivity index (χ0v) is 20.7. The highest BCUT2D eigenvalue weighted by molar-refractivity contribution is 7.89. The molecule has 2 atom stereocenters. The molecule has 180 valence electrons. The molecule has 0 radical (unpaired) electrons. The number of aryl methyl sites for hydroxylation is 2. The fourth-order valence-corrected chi connectivity index (χ4v) is 6.93. The molecule has 8 nitrogen and oxygen atoms in total. The summed E-state index contributed by atoms with van der Waals surface area (Å²) in [5, 5.41) is 7.56. The van der Waals surface area contributed by atoms with E-state index in [1.807, 2.05) is 24.3 Å². The molecule has 3 heterocycles. The Kier molecular flexibility index (Phi) is 7.43. The molecular weight excluding hydrogens is 464 g/mol. The minimum atomic E-state index is -3.76. The Morgan fingerprint density at radius 2 is 2.00 bits per heavy atom. The Labute approximate surface area is 200 Å². The Morgan fingerprint density at radius 1 is 1.24 bits per heavy atom. The van der Waals surface area contributed by atoms with Crippen molar-refractivity contribution in [2.45, 2.75) is 50.5 Å². The third-order valence-electron chi connectivity index (χ3n) is 6.61. The molecule has 0 bridgehead atoms. The molecule has 2 aromatic rings. The van der Waals surface area contributed by atoms with E-state index in [4.69, 9.17) is 16.1 Å². The summed E-state index contributed by atoms with van der Waals surface area (Å²) in [6.45, 7) is 6.19. The van der Waals surface area contributed by atoms with Crippen LogP contribution in [-0.4, -0.2) is 61.4 Å². The first-order valence-corrected chi connectivity index (χ1v) is 13.3. The lowest BCUT2D eigenvalue weighted by Gasteiger charge is -2.32. The second-order valence-corrected chi connectivity index (χ2v) is 11.2. The number of carbonyl (C=O) groups is 1. The van der Waals surface area contributed by atoms with Gasteiger partial charge in [-0.2, -0.15) is 4.31 Å². The van der Waals surface area contributed by atoms with E-state index < -0.39 is 15.9 Å². The molecule has 0 aliphatic carbocycles. The standard InChI is InChI=1S/C23H31ClN4O4S/c1-16-22(17(2)32-26-16)33(30,31)28-12-6-8-19(15-28)23(29)25-14-21(27-10-3-4-11-27)18-7-5-9-20(24)13-18/h5,7,9,13,19,21H,3-4,6,8,10-12,14-15H2,1-2H3,(H,25,29). The van der Waals surface area contributed by atoms with Gasteiger partial charge in [-0.3, -0.25) is 9.69 Å². The van der Waals surface area contributed by atoms with E-state index in [1.165, 1.54) is 4.31 Å². The highest BCUT2D eigenvalue weighted by atomic mass is 35.5. The van der Waals surface area contributed by atoms with Gasteiger partial charge in [-0.25, -0.2) is 8.42 Å². The van der Waals surface area contributed by atoms with E-state index >= 15 is 0 Å². The van der Waals surface area contributed by atoms with Gasteiger partial charge in [-0.05, 0) is 70.3 Å². The summed E-state index contributed by atoms with van der Waals surface area (Å²) in [7, 11) is -3.76. The number of piperidine rings is 1. The Morgan fingerprint density at radius 3 is 2.67 bits per heavy atom. The van der Waals surface area contributed by atoms with Crippen LogP contribution in [0.15, 0.2) is 33.7 Å². The molecule has 2 fully saturated rings. The fraction of sp³-hybridized carbons (Fsp3) is 0.565. The molecule has 1 N–H and O–H groups in total. The molecule has 0 spiro atoms. The third-order valence-corrected chi connectivity index (χ3v) is 8.95. The second kappa shape index (κ2) is 10.1. The Hall–Kier alpha value is -1.94. The normalized spacial score (nSPS) is 21.2. The molecule has 33 heavy (non-hydrogen) atoms. The van der Waals surface area contributed by atoms with Gasteiger partial charge in [0.1, 0.15) is 10.6 Å². The van der Waals surface area contributed by atoms with E-state index in [0.29, 0.717) is 36.6 Å². The number of rotatable bonds is 7. The molecule has 2 aliphatic rings. The van der Waals surface area contributed by atoms with Crippen LogP contribution >= 0.6 is 11.6 Å². The van der Waals surface area contributed by atoms with Crippen molar-refractivity contribution in [3.63, 3.8) is 0 Å². The summed E-state index contributed by atoms with van der Waals surface area (Å²) in [5.41, 5.74) is 1.42. The number of sulfonamides is 1. The fourth-order valence-electron chi connectivity index (χ4n) is 4.91. The average molecular weight is 495 g/mol. The lowest BCUT2D eigenvalue weighted by molar-refractivity contribution is -0.126. The van der Waals surface area contributed by atoms with Crippen LogP contribution < -0.4 is 5.32 Å². The van der Waals surface area contributed by atoms with Crippen molar-refractivity contribution in [1.82, 2.24) is 19.7 Å². The van der Waals surface area contributed by atoms with E-state index in [9.17, 15) is 13.2 Å². The molecular formula is C23H31ClN4O4S. The third kappa shape index (κ3) is 5.26. The number of amides is 1. The number of aromatic nitrogens is 1. The molecule has 10 heteroatoms. The first kappa shape index (κ1) is 24.2. The van der Waals surface area contributed by atoms with Gasteiger partial charge in [0.15, 0.2) is 5.76 Å². The Balaban J connectivity index is 1.44. The van der Waals surface area contributed by atoms with Crippen molar-refractivity contribution < 1.29 is 17.7 Å². The predicted molar refractivity (Wildman–Crippen MR) is 125 cm³/mol. The van der Waals surface area contributed by atoms with Crippen molar-refractivity contribution in [3.8, 4) is 0 Å². The van der Waals surface area contributed by atoms with Gasteiger partial charge >= 0.3 is 0 Å². The number of nitrogens with zero attached hydrogens (tertiary/aromatic N) is 3. The van der Waals surface area contributed by atoms with Crippen LogP contribution in [0.25, 0.3) is 0 Å². The van der Waals surface area contributed by atoms with E-state index in [1.54, 1.807) is 13.8 Å². The van der Waals surface area contributed by atoms with Gasteiger partial charge in [-0.15, -0.1) is 0 Å². The summed E-state index contributed by atoms with van der Waals surface area (Å²) in [4.78, 5) is 15.6. The molecule has 4 rings (SSSR count). The van der Waals surface area contributed by atoms with Crippen molar-refractivity contribution in [1.29, 1.82) is 0 Å². The lowest BCUT2D eigenvalue weighted by Crippen LogP contribution is -2.47. The van der Waals surface area contributed by atoms with Crippen LogP contribution in [0.1, 0.15) is 48.7 Å². The monoisotopic (exact) mass is 494 g/mol. The van der Waals surface area contributed by atoms with Gasteiger partial charge < -0.3 is 9.84 Å². The van der Waals surface area contributed by atoms with Crippen LogP contribution in [0.3, 0.4) is 0 Å². The smallest absolute Gasteiger partial charge is 0.248 e. The van der Waals surface area contributed by atoms with Crippen LogP contribution in [0.4, 0.5) is 0 Å². The van der Waals surface area contributed by atoms with Crippen molar-refractivity contribution in [2.75, 3.05) is 32.7 Å². The molecule has 2 saturated heterocycles. The van der Waals surface area contributed by atoms with Gasteiger partial charge in [0.05, 0.1) is 12.0 Å². The Bertz CT molecular complexity index is 1080. The first-order valence-electron chi connectivity index (χ1n) is 11.5. The highest BCUT2D eigenvalue weighted by Crippen LogP contribution is 2.29. The molecule has 1 aromatic heterocycles. The molecule has 2 unspecified atom stereocenters. The summed E-state index contributed by atoms with van der Waals surface area (Å²) in [5.74, 6) is -0.235. The molecule has 1 aromatic carbocycles. The summed E-state index contributed by atoms with van der Waals surface area (Å²) in [6.07, 6.45) is 3.57. The molecule has 2 aliphatic heterocycles. The van der Waals surface area contributed by atoms with Crippen molar-refractivity contribution >= 4 is 27.5 Å². The molecule has 0 saturated carbocycles. The van der Waals surface area contributed by atoms with Gasteiger partial charge in [0.2, 0.25) is 15.9 Å².